The Morgan fingerprint density at radius 3 is 2.71 bits per heavy atom. The van der Waals surface area contributed by atoms with E-state index in [9.17, 15) is 5.11 Å². The summed E-state index contributed by atoms with van der Waals surface area (Å²) in [5.74, 6) is 0.796. The summed E-state index contributed by atoms with van der Waals surface area (Å²) in [5.41, 5.74) is 0. The highest BCUT2D eigenvalue weighted by molar-refractivity contribution is 5.20. The molecule has 0 heterocycles. The summed E-state index contributed by atoms with van der Waals surface area (Å²) in [6.07, 6.45) is 2.91. The summed E-state index contributed by atoms with van der Waals surface area (Å²) in [4.78, 5) is 0. The zero-order chi connectivity index (χ0) is 10.2. The van der Waals surface area contributed by atoms with Crippen LogP contribution in [-0.2, 0) is 0 Å². The van der Waals surface area contributed by atoms with Crippen molar-refractivity contribution in [1.29, 1.82) is 0 Å². The van der Waals surface area contributed by atoms with Gasteiger partial charge in [-0.25, -0.2) is 0 Å². The molecule has 1 N–H and O–H groups in total. The predicted molar refractivity (Wildman–Crippen MR) is 57.4 cm³/mol. The topological polar surface area (TPSA) is 29.5 Å². The van der Waals surface area contributed by atoms with Crippen LogP contribution in [0.2, 0.25) is 0 Å². The van der Waals surface area contributed by atoms with Crippen LogP contribution in [0.4, 0.5) is 0 Å². The number of allylic oxidation sites excluding steroid dienone is 1. The van der Waals surface area contributed by atoms with E-state index in [0.29, 0.717) is 13.0 Å². The largest absolute Gasteiger partial charge is 0.491 e. The molecular weight excluding hydrogens is 176 g/mol. The molecule has 0 aliphatic heterocycles. The minimum atomic E-state index is -0.409. The van der Waals surface area contributed by atoms with Crippen LogP contribution in [0.25, 0.3) is 0 Å². The number of aliphatic hydroxyl groups is 1. The van der Waals surface area contributed by atoms with Gasteiger partial charge in [-0.15, -0.1) is 6.58 Å². The maximum Gasteiger partial charge on any atom is 0.119 e. The van der Waals surface area contributed by atoms with Crippen molar-refractivity contribution in [2.24, 2.45) is 0 Å². The minimum Gasteiger partial charge on any atom is -0.491 e. The lowest BCUT2D eigenvalue weighted by Gasteiger charge is -2.10. The molecular formula is C12H16O2. The third kappa shape index (κ3) is 4.10. The Morgan fingerprint density at radius 2 is 2.07 bits per heavy atom. The second-order valence-electron chi connectivity index (χ2n) is 3.14. The van der Waals surface area contributed by atoms with Gasteiger partial charge in [0, 0.05) is 0 Å². The number of para-hydroxylation sites is 1. The third-order valence-corrected chi connectivity index (χ3v) is 1.89. The van der Waals surface area contributed by atoms with Gasteiger partial charge in [0.05, 0.1) is 6.10 Å². The summed E-state index contributed by atoms with van der Waals surface area (Å²) >= 11 is 0. The predicted octanol–water partition coefficient (Wildman–Crippen LogP) is 2.39. The molecule has 2 heteroatoms. The summed E-state index contributed by atoms with van der Waals surface area (Å²) in [6.45, 7) is 3.94. The number of rotatable bonds is 6. The van der Waals surface area contributed by atoms with Gasteiger partial charge in [-0.05, 0) is 25.0 Å². The zero-order valence-electron chi connectivity index (χ0n) is 8.23. The van der Waals surface area contributed by atoms with E-state index in [4.69, 9.17) is 4.74 Å². The van der Waals surface area contributed by atoms with Crippen LogP contribution in [0.5, 0.6) is 5.75 Å². The highest BCUT2D eigenvalue weighted by Crippen LogP contribution is 2.09. The summed E-state index contributed by atoms with van der Waals surface area (Å²) < 4.78 is 5.38. The normalized spacial score (nSPS) is 12.1. The summed E-state index contributed by atoms with van der Waals surface area (Å²) in [5, 5.41) is 9.47. The first-order valence-corrected chi connectivity index (χ1v) is 4.79. The Morgan fingerprint density at radius 1 is 1.36 bits per heavy atom. The number of benzene rings is 1. The molecule has 0 radical (unpaired) electrons. The molecule has 0 aromatic heterocycles. The van der Waals surface area contributed by atoms with Gasteiger partial charge in [-0.1, -0.05) is 24.3 Å². The summed E-state index contributed by atoms with van der Waals surface area (Å²) in [6, 6.07) is 9.50. The summed E-state index contributed by atoms with van der Waals surface area (Å²) in [7, 11) is 0. The molecule has 76 valence electrons. The molecule has 1 aromatic rings. The van der Waals surface area contributed by atoms with Gasteiger partial charge >= 0.3 is 0 Å². The molecule has 0 amide bonds. The van der Waals surface area contributed by atoms with Gasteiger partial charge in [0.1, 0.15) is 12.4 Å². The van der Waals surface area contributed by atoms with Crippen LogP contribution >= 0.6 is 0 Å². The van der Waals surface area contributed by atoms with Crippen molar-refractivity contribution in [3.63, 3.8) is 0 Å². The van der Waals surface area contributed by atoms with E-state index in [1.54, 1.807) is 6.08 Å². The second kappa shape index (κ2) is 6.22. The van der Waals surface area contributed by atoms with Crippen LogP contribution in [0.1, 0.15) is 12.8 Å². The first kappa shape index (κ1) is 10.8. The van der Waals surface area contributed by atoms with Crippen LogP contribution in [0, 0.1) is 0 Å². The minimum absolute atomic E-state index is 0.345. The van der Waals surface area contributed by atoms with E-state index in [2.05, 4.69) is 6.58 Å². The van der Waals surface area contributed by atoms with Gasteiger partial charge in [-0.3, -0.25) is 0 Å². The maximum atomic E-state index is 9.47. The van der Waals surface area contributed by atoms with Crippen LogP contribution < -0.4 is 4.74 Å². The van der Waals surface area contributed by atoms with Crippen LogP contribution in [-0.4, -0.2) is 17.8 Å². The number of ether oxygens (including phenoxy) is 1. The van der Waals surface area contributed by atoms with E-state index in [-0.39, 0.29) is 0 Å². The van der Waals surface area contributed by atoms with Crippen molar-refractivity contribution in [1.82, 2.24) is 0 Å². The van der Waals surface area contributed by atoms with Crippen molar-refractivity contribution in [2.75, 3.05) is 6.61 Å². The highest BCUT2D eigenvalue weighted by atomic mass is 16.5. The van der Waals surface area contributed by atoms with Gasteiger partial charge in [0.25, 0.3) is 0 Å². The van der Waals surface area contributed by atoms with Crippen molar-refractivity contribution >= 4 is 0 Å². The van der Waals surface area contributed by atoms with Gasteiger partial charge in [-0.2, -0.15) is 0 Å². The number of aliphatic hydroxyl groups excluding tert-OH is 1. The van der Waals surface area contributed by atoms with E-state index < -0.39 is 6.10 Å². The molecule has 0 aliphatic rings. The average molecular weight is 192 g/mol. The molecule has 0 saturated heterocycles. The van der Waals surface area contributed by atoms with E-state index in [0.717, 1.165) is 12.2 Å². The number of hydrogen-bond acceptors (Lipinski definition) is 2. The quantitative estimate of drug-likeness (QED) is 0.701. The van der Waals surface area contributed by atoms with Crippen molar-refractivity contribution in [2.45, 2.75) is 18.9 Å². The SMILES string of the molecule is C=CCC[C@@H](O)COc1ccccc1. The molecule has 1 rings (SSSR count). The van der Waals surface area contributed by atoms with Gasteiger partial charge in [0.2, 0.25) is 0 Å². The fraction of sp³-hybridized carbons (Fsp3) is 0.333. The van der Waals surface area contributed by atoms with Crippen LogP contribution in [0.3, 0.4) is 0 Å². The molecule has 1 aromatic carbocycles. The molecule has 14 heavy (non-hydrogen) atoms. The third-order valence-electron chi connectivity index (χ3n) is 1.89. The Hall–Kier alpha value is -1.28. The number of hydrogen-bond donors (Lipinski definition) is 1. The first-order chi connectivity index (χ1) is 6.83. The van der Waals surface area contributed by atoms with Crippen LogP contribution in [0.15, 0.2) is 43.0 Å². The molecule has 2 nitrogen and oxygen atoms in total. The fourth-order valence-electron chi connectivity index (χ4n) is 1.10. The lowest BCUT2D eigenvalue weighted by atomic mass is 10.2. The lowest BCUT2D eigenvalue weighted by molar-refractivity contribution is 0.101. The standard InChI is InChI=1S/C12H16O2/c1-2-3-7-11(13)10-14-12-8-5-4-6-9-12/h2,4-6,8-9,11,13H,1,3,7,10H2/t11-/m1/s1. The van der Waals surface area contributed by atoms with Crippen molar-refractivity contribution in [3.8, 4) is 5.75 Å². The Labute approximate surface area is 84.8 Å². The van der Waals surface area contributed by atoms with E-state index in [1.165, 1.54) is 0 Å². The fourth-order valence-corrected chi connectivity index (χ4v) is 1.10. The zero-order valence-corrected chi connectivity index (χ0v) is 8.23. The molecule has 0 saturated carbocycles. The molecule has 0 bridgehead atoms. The Bertz CT molecular complexity index is 256. The second-order valence-corrected chi connectivity index (χ2v) is 3.14. The smallest absolute Gasteiger partial charge is 0.119 e. The Kier molecular flexibility index (Phi) is 4.79. The molecule has 0 spiro atoms. The van der Waals surface area contributed by atoms with Gasteiger partial charge < -0.3 is 9.84 Å². The van der Waals surface area contributed by atoms with Crippen molar-refractivity contribution in [3.05, 3.63) is 43.0 Å². The highest BCUT2D eigenvalue weighted by Gasteiger charge is 2.03. The molecule has 0 unspecified atom stereocenters. The lowest BCUT2D eigenvalue weighted by Crippen LogP contribution is -2.16. The van der Waals surface area contributed by atoms with Crippen molar-refractivity contribution < 1.29 is 9.84 Å². The maximum absolute atomic E-state index is 9.47. The average Bonchev–Trinajstić information content (AvgIpc) is 2.25. The monoisotopic (exact) mass is 192 g/mol. The molecule has 0 aliphatic carbocycles. The van der Waals surface area contributed by atoms with E-state index in [1.807, 2.05) is 30.3 Å². The first-order valence-electron chi connectivity index (χ1n) is 4.79. The van der Waals surface area contributed by atoms with E-state index >= 15 is 0 Å². The Balaban J connectivity index is 2.23. The van der Waals surface area contributed by atoms with Gasteiger partial charge in [0.15, 0.2) is 0 Å². The molecule has 1 atom stereocenters. The molecule has 0 fully saturated rings.